The van der Waals surface area contributed by atoms with Crippen molar-refractivity contribution in [3.8, 4) is 0 Å². The van der Waals surface area contributed by atoms with Crippen LogP contribution < -0.4 is 10.5 Å². The Kier molecular flexibility index (Phi) is 3.87. The van der Waals surface area contributed by atoms with E-state index < -0.39 is 20.7 Å². The Bertz CT molecular complexity index is 763. The summed E-state index contributed by atoms with van der Waals surface area (Å²) in [5.41, 5.74) is 6.70. The molecule has 2 aromatic rings. The third-order valence-corrected chi connectivity index (χ3v) is 4.31. The van der Waals surface area contributed by atoms with Gasteiger partial charge in [-0.2, -0.15) is 0 Å². The maximum absolute atomic E-state index is 13.6. The molecule has 106 valence electrons. The highest BCUT2D eigenvalue weighted by molar-refractivity contribution is 7.92. The predicted molar refractivity (Wildman–Crippen MR) is 77.8 cm³/mol. The van der Waals surface area contributed by atoms with Gasteiger partial charge in [0, 0.05) is 5.69 Å². The zero-order valence-corrected chi connectivity index (χ0v) is 12.1. The zero-order chi connectivity index (χ0) is 14.9. The number of benzene rings is 2. The molecule has 4 nitrogen and oxygen atoms in total. The molecule has 20 heavy (non-hydrogen) atoms. The van der Waals surface area contributed by atoms with Crippen LogP contribution in [0.4, 0.5) is 15.8 Å². The summed E-state index contributed by atoms with van der Waals surface area (Å²) in [4.78, 5) is -0.519. The number of nitrogens with one attached hydrogen (secondary N) is 1. The van der Waals surface area contributed by atoms with E-state index >= 15 is 0 Å². The highest BCUT2D eigenvalue weighted by atomic mass is 35.5. The fourth-order valence-corrected chi connectivity index (χ4v) is 3.16. The van der Waals surface area contributed by atoms with E-state index in [1.54, 1.807) is 12.1 Å². The van der Waals surface area contributed by atoms with Crippen molar-refractivity contribution in [2.45, 2.75) is 11.8 Å². The summed E-state index contributed by atoms with van der Waals surface area (Å²) in [5, 5.41) is 0.234. The molecule has 0 saturated heterocycles. The lowest BCUT2D eigenvalue weighted by Crippen LogP contribution is -2.15. The molecule has 0 unspecified atom stereocenters. The quantitative estimate of drug-likeness (QED) is 0.855. The lowest BCUT2D eigenvalue weighted by Gasteiger charge is -2.11. The number of sulfonamides is 1. The van der Waals surface area contributed by atoms with Gasteiger partial charge in [-0.15, -0.1) is 0 Å². The molecular weight excluding hydrogens is 303 g/mol. The van der Waals surface area contributed by atoms with Gasteiger partial charge in [0.1, 0.15) is 10.7 Å². The monoisotopic (exact) mass is 314 g/mol. The molecule has 0 amide bonds. The van der Waals surface area contributed by atoms with Crippen LogP contribution in [0.2, 0.25) is 5.02 Å². The molecule has 2 rings (SSSR count). The largest absolute Gasteiger partial charge is 0.399 e. The Balaban J connectivity index is 2.43. The first-order valence-electron chi connectivity index (χ1n) is 5.63. The summed E-state index contributed by atoms with van der Waals surface area (Å²) in [5.74, 6) is -0.880. The average molecular weight is 315 g/mol. The maximum Gasteiger partial charge on any atom is 0.264 e. The van der Waals surface area contributed by atoms with Gasteiger partial charge in [0.2, 0.25) is 0 Å². The van der Waals surface area contributed by atoms with E-state index in [2.05, 4.69) is 4.72 Å². The number of halogens is 2. The normalized spacial score (nSPS) is 11.3. The van der Waals surface area contributed by atoms with Crippen LogP contribution in [0.3, 0.4) is 0 Å². The number of hydrogen-bond donors (Lipinski definition) is 2. The van der Waals surface area contributed by atoms with Crippen molar-refractivity contribution in [2.24, 2.45) is 0 Å². The molecule has 0 spiro atoms. The Hall–Kier alpha value is -1.79. The number of anilines is 2. The standard InChI is InChI=1S/C13H12ClFN2O2S/c1-8-2-5-12(10(14)6-8)17-20(18,19)13-7-9(16)3-4-11(13)15/h2-7,17H,16H2,1H3. The van der Waals surface area contributed by atoms with E-state index in [0.29, 0.717) is 0 Å². The van der Waals surface area contributed by atoms with Crippen LogP contribution in [-0.2, 0) is 10.0 Å². The van der Waals surface area contributed by atoms with Gasteiger partial charge >= 0.3 is 0 Å². The van der Waals surface area contributed by atoms with Gasteiger partial charge in [-0.05, 0) is 42.8 Å². The van der Waals surface area contributed by atoms with Crippen LogP contribution in [-0.4, -0.2) is 8.42 Å². The fourth-order valence-electron chi connectivity index (χ4n) is 1.63. The molecule has 0 aliphatic heterocycles. The molecule has 0 aliphatic rings. The number of nitrogen functional groups attached to an aromatic ring is 1. The van der Waals surface area contributed by atoms with Gasteiger partial charge < -0.3 is 5.73 Å². The van der Waals surface area contributed by atoms with Gasteiger partial charge in [-0.3, -0.25) is 4.72 Å². The molecule has 0 heterocycles. The van der Waals surface area contributed by atoms with Crippen molar-refractivity contribution in [1.29, 1.82) is 0 Å². The first-order chi connectivity index (χ1) is 9.29. The second-order valence-corrected chi connectivity index (χ2v) is 6.34. The van der Waals surface area contributed by atoms with Crippen LogP contribution in [0.1, 0.15) is 5.56 Å². The second kappa shape index (κ2) is 5.30. The SMILES string of the molecule is Cc1ccc(NS(=O)(=O)c2cc(N)ccc2F)c(Cl)c1. The van der Waals surface area contributed by atoms with E-state index in [0.717, 1.165) is 17.7 Å². The molecule has 0 radical (unpaired) electrons. The summed E-state index contributed by atoms with van der Waals surface area (Å²) in [6.07, 6.45) is 0. The Morgan fingerprint density at radius 1 is 1.20 bits per heavy atom. The molecular formula is C13H12ClFN2O2S. The highest BCUT2D eigenvalue weighted by Crippen LogP contribution is 2.27. The summed E-state index contributed by atoms with van der Waals surface area (Å²) >= 11 is 5.95. The molecule has 0 bridgehead atoms. The topological polar surface area (TPSA) is 72.2 Å². The van der Waals surface area contributed by atoms with Crippen LogP contribution in [0.25, 0.3) is 0 Å². The lowest BCUT2D eigenvalue weighted by molar-refractivity contribution is 0.570. The van der Waals surface area contributed by atoms with E-state index in [1.807, 2.05) is 6.92 Å². The summed E-state index contributed by atoms with van der Waals surface area (Å²) < 4.78 is 40.2. The predicted octanol–water partition coefficient (Wildman–Crippen LogP) is 3.17. The third kappa shape index (κ3) is 3.02. The summed E-state index contributed by atoms with van der Waals surface area (Å²) in [7, 11) is -4.09. The number of rotatable bonds is 3. The van der Waals surface area contributed by atoms with Gasteiger partial charge in [0.05, 0.1) is 10.7 Å². The molecule has 0 aromatic heterocycles. The molecule has 3 N–H and O–H groups in total. The summed E-state index contributed by atoms with van der Waals surface area (Å²) in [6.45, 7) is 1.82. The molecule has 0 aliphatic carbocycles. The van der Waals surface area contributed by atoms with Gasteiger partial charge in [-0.25, -0.2) is 12.8 Å². The van der Waals surface area contributed by atoms with E-state index in [1.165, 1.54) is 12.1 Å². The lowest BCUT2D eigenvalue weighted by atomic mass is 10.2. The zero-order valence-electron chi connectivity index (χ0n) is 10.5. The summed E-state index contributed by atoms with van der Waals surface area (Å²) in [6, 6.07) is 8.15. The van der Waals surface area contributed by atoms with E-state index in [4.69, 9.17) is 17.3 Å². The van der Waals surface area contributed by atoms with E-state index in [-0.39, 0.29) is 16.4 Å². The van der Waals surface area contributed by atoms with Crippen molar-refractivity contribution in [2.75, 3.05) is 10.5 Å². The van der Waals surface area contributed by atoms with Crippen molar-refractivity contribution in [3.63, 3.8) is 0 Å². The fraction of sp³-hybridized carbons (Fsp3) is 0.0769. The molecule has 7 heteroatoms. The minimum Gasteiger partial charge on any atom is -0.399 e. The first kappa shape index (κ1) is 14.6. The van der Waals surface area contributed by atoms with Gasteiger partial charge in [0.25, 0.3) is 10.0 Å². The van der Waals surface area contributed by atoms with Gasteiger partial charge in [0.15, 0.2) is 0 Å². The number of aryl methyl sites for hydroxylation is 1. The van der Waals surface area contributed by atoms with Crippen LogP contribution in [0, 0.1) is 12.7 Å². The first-order valence-corrected chi connectivity index (χ1v) is 7.50. The highest BCUT2D eigenvalue weighted by Gasteiger charge is 2.20. The minimum absolute atomic E-state index is 0.154. The molecule has 2 aromatic carbocycles. The minimum atomic E-state index is -4.09. The van der Waals surface area contributed by atoms with Crippen LogP contribution in [0.15, 0.2) is 41.3 Å². The average Bonchev–Trinajstić information content (AvgIpc) is 2.35. The Morgan fingerprint density at radius 2 is 1.90 bits per heavy atom. The van der Waals surface area contributed by atoms with Crippen LogP contribution >= 0.6 is 11.6 Å². The molecule has 0 atom stereocenters. The Morgan fingerprint density at radius 3 is 2.55 bits per heavy atom. The number of nitrogens with two attached hydrogens (primary N) is 1. The maximum atomic E-state index is 13.6. The third-order valence-electron chi connectivity index (χ3n) is 2.61. The van der Waals surface area contributed by atoms with Crippen molar-refractivity contribution >= 4 is 33.0 Å². The molecule has 0 saturated carbocycles. The Labute approximate surface area is 121 Å². The van der Waals surface area contributed by atoms with E-state index in [9.17, 15) is 12.8 Å². The molecule has 0 fully saturated rings. The van der Waals surface area contributed by atoms with Crippen LogP contribution in [0.5, 0.6) is 0 Å². The van der Waals surface area contributed by atoms with Crippen molar-refractivity contribution in [3.05, 3.63) is 52.8 Å². The van der Waals surface area contributed by atoms with Crippen molar-refractivity contribution < 1.29 is 12.8 Å². The van der Waals surface area contributed by atoms with Crippen molar-refractivity contribution in [1.82, 2.24) is 0 Å². The smallest absolute Gasteiger partial charge is 0.264 e. The van der Waals surface area contributed by atoms with Gasteiger partial charge in [-0.1, -0.05) is 17.7 Å². The number of hydrogen-bond acceptors (Lipinski definition) is 3. The second-order valence-electron chi connectivity index (χ2n) is 4.28.